The molecule has 0 amide bonds. The van der Waals surface area contributed by atoms with Crippen LogP contribution in [0.1, 0.15) is 0 Å². The number of ether oxygens (including phenoxy) is 4. The molecule has 0 saturated heterocycles. The molecule has 0 unspecified atom stereocenters. The molecule has 0 heterocycles. The van der Waals surface area contributed by atoms with Gasteiger partial charge in [0, 0.05) is 19.2 Å². The van der Waals surface area contributed by atoms with Crippen molar-refractivity contribution in [2.75, 3.05) is 40.5 Å². The SMILES string of the molecule is COCNc1c(OC)cc(OC)cc1OC. The first kappa shape index (κ1) is 12.4. The summed E-state index contributed by atoms with van der Waals surface area (Å²) in [4.78, 5) is 0. The van der Waals surface area contributed by atoms with Crippen LogP contribution in [-0.4, -0.2) is 35.2 Å². The van der Waals surface area contributed by atoms with Crippen LogP contribution in [0.3, 0.4) is 0 Å². The van der Waals surface area contributed by atoms with Gasteiger partial charge in [0.25, 0.3) is 0 Å². The Kier molecular flexibility index (Phi) is 4.72. The zero-order valence-corrected chi connectivity index (χ0v) is 9.99. The molecule has 1 N–H and O–H groups in total. The van der Waals surface area contributed by atoms with E-state index in [2.05, 4.69) is 5.32 Å². The minimum Gasteiger partial charge on any atom is -0.496 e. The van der Waals surface area contributed by atoms with Crippen LogP contribution < -0.4 is 19.5 Å². The maximum absolute atomic E-state index is 5.25. The summed E-state index contributed by atoms with van der Waals surface area (Å²) in [5, 5.41) is 3.06. The molecule has 0 radical (unpaired) electrons. The van der Waals surface area contributed by atoms with E-state index in [1.54, 1.807) is 40.6 Å². The maximum Gasteiger partial charge on any atom is 0.149 e. The molecule has 0 spiro atoms. The number of nitrogens with one attached hydrogen (secondary N) is 1. The Bertz CT molecular complexity index is 316. The highest BCUT2D eigenvalue weighted by Crippen LogP contribution is 2.38. The molecule has 0 aliphatic rings. The van der Waals surface area contributed by atoms with Gasteiger partial charge in [0.1, 0.15) is 29.7 Å². The van der Waals surface area contributed by atoms with Crippen LogP contribution in [0, 0.1) is 0 Å². The van der Waals surface area contributed by atoms with Crippen molar-refractivity contribution >= 4 is 5.69 Å². The quantitative estimate of drug-likeness (QED) is 0.750. The van der Waals surface area contributed by atoms with Gasteiger partial charge in [-0.25, -0.2) is 0 Å². The average Bonchev–Trinajstić information content (AvgIpc) is 2.35. The highest BCUT2D eigenvalue weighted by Gasteiger charge is 2.12. The van der Waals surface area contributed by atoms with E-state index in [0.717, 1.165) is 5.69 Å². The Hall–Kier alpha value is -1.62. The maximum atomic E-state index is 5.25. The lowest BCUT2D eigenvalue weighted by Gasteiger charge is -2.15. The zero-order valence-electron chi connectivity index (χ0n) is 9.99. The van der Waals surface area contributed by atoms with Crippen LogP contribution >= 0.6 is 0 Å². The lowest BCUT2D eigenvalue weighted by molar-refractivity contribution is 0.220. The third kappa shape index (κ3) is 2.70. The second-order valence-corrected chi connectivity index (χ2v) is 3.02. The molecule has 0 aliphatic carbocycles. The third-order valence-corrected chi connectivity index (χ3v) is 2.11. The highest BCUT2D eigenvalue weighted by atomic mass is 16.5. The smallest absolute Gasteiger partial charge is 0.149 e. The fourth-order valence-electron chi connectivity index (χ4n) is 1.32. The van der Waals surface area contributed by atoms with Gasteiger partial charge in [-0.15, -0.1) is 0 Å². The van der Waals surface area contributed by atoms with Crippen molar-refractivity contribution < 1.29 is 18.9 Å². The van der Waals surface area contributed by atoms with Gasteiger partial charge in [-0.1, -0.05) is 0 Å². The van der Waals surface area contributed by atoms with E-state index in [-0.39, 0.29) is 0 Å². The lowest BCUT2D eigenvalue weighted by atomic mass is 10.2. The van der Waals surface area contributed by atoms with E-state index in [4.69, 9.17) is 18.9 Å². The predicted molar refractivity (Wildman–Crippen MR) is 61.6 cm³/mol. The molecular formula is C11H17NO4. The number of benzene rings is 1. The van der Waals surface area contributed by atoms with Gasteiger partial charge in [0.2, 0.25) is 0 Å². The summed E-state index contributed by atoms with van der Waals surface area (Å²) >= 11 is 0. The van der Waals surface area contributed by atoms with Crippen molar-refractivity contribution in [3.05, 3.63) is 12.1 Å². The number of hydrogen-bond acceptors (Lipinski definition) is 5. The molecule has 0 bridgehead atoms. The first-order chi connectivity index (χ1) is 7.76. The molecule has 1 aromatic carbocycles. The van der Waals surface area contributed by atoms with Crippen molar-refractivity contribution in [3.8, 4) is 17.2 Å². The van der Waals surface area contributed by atoms with Gasteiger partial charge < -0.3 is 24.3 Å². The van der Waals surface area contributed by atoms with Gasteiger partial charge in [-0.3, -0.25) is 0 Å². The number of anilines is 1. The molecule has 0 aromatic heterocycles. The molecule has 0 saturated carbocycles. The van der Waals surface area contributed by atoms with Crippen molar-refractivity contribution in [2.45, 2.75) is 0 Å². The van der Waals surface area contributed by atoms with Crippen LogP contribution in [0.15, 0.2) is 12.1 Å². The van der Waals surface area contributed by atoms with Gasteiger partial charge in [0.05, 0.1) is 21.3 Å². The second-order valence-electron chi connectivity index (χ2n) is 3.02. The molecule has 1 aromatic rings. The van der Waals surface area contributed by atoms with Crippen LogP contribution in [0.2, 0.25) is 0 Å². The van der Waals surface area contributed by atoms with E-state index in [0.29, 0.717) is 24.0 Å². The van der Waals surface area contributed by atoms with E-state index < -0.39 is 0 Å². The molecule has 0 atom stereocenters. The van der Waals surface area contributed by atoms with Crippen LogP contribution in [-0.2, 0) is 4.74 Å². The van der Waals surface area contributed by atoms with Gasteiger partial charge in [0.15, 0.2) is 0 Å². The zero-order chi connectivity index (χ0) is 12.0. The van der Waals surface area contributed by atoms with Crippen molar-refractivity contribution in [2.24, 2.45) is 0 Å². The summed E-state index contributed by atoms with van der Waals surface area (Å²) in [5.41, 5.74) is 0.743. The number of rotatable bonds is 6. The Morgan fingerprint density at radius 3 is 1.88 bits per heavy atom. The van der Waals surface area contributed by atoms with Crippen LogP contribution in [0.25, 0.3) is 0 Å². The average molecular weight is 227 g/mol. The topological polar surface area (TPSA) is 49.0 Å². The largest absolute Gasteiger partial charge is 0.496 e. The fraction of sp³-hybridized carbons (Fsp3) is 0.455. The molecule has 5 heteroatoms. The highest BCUT2D eigenvalue weighted by molar-refractivity contribution is 5.68. The molecule has 1 rings (SSSR count). The number of hydrogen-bond donors (Lipinski definition) is 1. The summed E-state index contributed by atoms with van der Waals surface area (Å²) in [6.07, 6.45) is 0. The van der Waals surface area contributed by atoms with Crippen molar-refractivity contribution in [1.29, 1.82) is 0 Å². The normalized spacial score (nSPS) is 9.75. The lowest BCUT2D eigenvalue weighted by Crippen LogP contribution is -2.06. The number of methoxy groups -OCH3 is 4. The Labute approximate surface area is 95.3 Å². The predicted octanol–water partition coefficient (Wildman–Crippen LogP) is 1.73. The molecule has 0 aliphatic heterocycles. The first-order valence-electron chi connectivity index (χ1n) is 4.79. The summed E-state index contributed by atoms with van der Waals surface area (Å²) in [7, 11) is 6.38. The van der Waals surface area contributed by atoms with E-state index in [1.807, 2.05) is 0 Å². The van der Waals surface area contributed by atoms with Gasteiger partial charge in [-0.05, 0) is 0 Å². The minimum atomic E-state index is 0.374. The third-order valence-electron chi connectivity index (χ3n) is 2.11. The Balaban J connectivity index is 3.09. The summed E-state index contributed by atoms with van der Waals surface area (Å²) in [6.45, 7) is 0.374. The van der Waals surface area contributed by atoms with Gasteiger partial charge >= 0.3 is 0 Å². The molecular weight excluding hydrogens is 210 g/mol. The van der Waals surface area contributed by atoms with E-state index in [9.17, 15) is 0 Å². The van der Waals surface area contributed by atoms with E-state index >= 15 is 0 Å². The van der Waals surface area contributed by atoms with Crippen molar-refractivity contribution in [1.82, 2.24) is 0 Å². The monoisotopic (exact) mass is 227 g/mol. The summed E-state index contributed by atoms with van der Waals surface area (Å²) in [5.74, 6) is 1.97. The van der Waals surface area contributed by atoms with Crippen molar-refractivity contribution in [3.63, 3.8) is 0 Å². The summed E-state index contributed by atoms with van der Waals surface area (Å²) in [6, 6.07) is 3.56. The Morgan fingerprint density at radius 2 is 1.50 bits per heavy atom. The molecule has 0 fully saturated rings. The first-order valence-corrected chi connectivity index (χ1v) is 4.79. The van der Waals surface area contributed by atoms with Crippen LogP contribution in [0.4, 0.5) is 5.69 Å². The van der Waals surface area contributed by atoms with Crippen LogP contribution in [0.5, 0.6) is 17.2 Å². The Morgan fingerprint density at radius 1 is 0.938 bits per heavy atom. The fourth-order valence-corrected chi connectivity index (χ4v) is 1.32. The molecule has 90 valence electrons. The van der Waals surface area contributed by atoms with Gasteiger partial charge in [-0.2, -0.15) is 0 Å². The second kappa shape index (κ2) is 6.07. The standard InChI is InChI=1S/C11H17NO4/c1-13-7-12-11-9(15-3)5-8(14-2)6-10(11)16-4/h5-6,12H,7H2,1-4H3. The minimum absolute atomic E-state index is 0.374. The molecule has 5 nitrogen and oxygen atoms in total. The summed E-state index contributed by atoms with van der Waals surface area (Å²) < 4.78 is 20.6. The van der Waals surface area contributed by atoms with E-state index in [1.165, 1.54) is 0 Å². The molecule has 16 heavy (non-hydrogen) atoms.